The lowest BCUT2D eigenvalue weighted by Gasteiger charge is -2.06. The molecule has 1 aromatic carbocycles. The third-order valence-corrected chi connectivity index (χ3v) is 2.48. The number of pyridine rings is 1. The molecule has 0 aliphatic heterocycles. The van der Waals surface area contributed by atoms with Gasteiger partial charge in [0.15, 0.2) is 5.82 Å². The number of hydrogen-bond acceptors (Lipinski definition) is 2. The average molecular weight is 269 g/mol. The first-order valence-electron chi connectivity index (χ1n) is 4.94. The van der Waals surface area contributed by atoms with Gasteiger partial charge in [-0.2, -0.15) is 0 Å². The summed E-state index contributed by atoms with van der Waals surface area (Å²) in [5, 5.41) is 2.29. The van der Waals surface area contributed by atoms with Crippen LogP contribution in [0, 0.1) is 11.6 Å². The summed E-state index contributed by atoms with van der Waals surface area (Å²) in [5.41, 5.74) is 0.132. The van der Waals surface area contributed by atoms with E-state index >= 15 is 0 Å². The number of aromatic nitrogens is 1. The third kappa shape index (κ3) is 2.62. The number of halogens is 3. The Bertz CT molecular complexity index is 604. The predicted molar refractivity (Wildman–Crippen MR) is 63.6 cm³/mol. The Morgan fingerprint density at radius 3 is 2.67 bits per heavy atom. The van der Waals surface area contributed by atoms with Crippen LogP contribution in [0.4, 0.5) is 14.5 Å². The average Bonchev–Trinajstić information content (AvgIpc) is 2.34. The molecule has 1 aromatic heterocycles. The summed E-state index contributed by atoms with van der Waals surface area (Å²) in [6.07, 6.45) is 2.24. The second kappa shape index (κ2) is 5.10. The van der Waals surface area contributed by atoms with Crippen molar-refractivity contribution in [2.24, 2.45) is 0 Å². The van der Waals surface area contributed by atoms with Crippen molar-refractivity contribution in [3.8, 4) is 0 Å². The molecule has 1 heterocycles. The van der Waals surface area contributed by atoms with E-state index in [0.29, 0.717) is 0 Å². The monoisotopic (exact) mass is 268 g/mol. The lowest BCUT2D eigenvalue weighted by atomic mass is 10.2. The molecule has 0 aliphatic carbocycles. The van der Waals surface area contributed by atoms with Gasteiger partial charge in [-0.3, -0.25) is 9.78 Å². The highest BCUT2D eigenvalue weighted by molar-refractivity contribution is 6.31. The minimum atomic E-state index is -0.733. The maximum atomic E-state index is 13.3. The summed E-state index contributed by atoms with van der Waals surface area (Å²) in [5.74, 6) is -1.98. The van der Waals surface area contributed by atoms with Crippen molar-refractivity contribution in [2.45, 2.75) is 0 Å². The van der Waals surface area contributed by atoms with Crippen LogP contribution in [-0.2, 0) is 0 Å². The van der Waals surface area contributed by atoms with E-state index < -0.39 is 17.5 Å². The minimum Gasteiger partial charge on any atom is -0.322 e. The van der Waals surface area contributed by atoms with Gasteiger partial charge in [-0.15, -0.1) is 0 Å². The summed E-state index contributed by atoms with van der Waals surface area (Å²) in [7, 11) is 0. The number of rotatable bonds is 2. The van der Waals surface area contributed by atoms with E-state index in [0.717, 1.165) is 12.3 Å². The van der Waals surface area contributed by atoms with Crippen LogP contribution in [0.3, 0.4) is 0 Å². The van der Waals surface area contributed by atoms with Crippen molar-refractivity contribution in [3.05, 3.63) is 58.9 Å². The second-order valence-corrected chi connectivity index (χ2v) is 3.85. The highest BCUT2D eigenvalue weighted by atomic mass is 35.5. The molecule has 3 nitrogen and oxygen atoms in total. The van der Waals surface area contributed by atoms with Gasteiger partial charge in [-0.1, -0.05) is 11.6 Å². The van der Waals surface area contributed by atoms with Gasteiger partial charge in [0.1, 0.15) is 5.82 Å². The van der Waals surface area contributed by atoms with Crippen molar-refractivity contribution in [1.29, 1.82) is 0 Å². The third-order valence-electron chi connectivity index (χ3n) is 2.19. The molecular formula is C12H7ClF2N2O. The Labute approximate surface area is 106 Å². The molecule has 0 aliphatic rings. The van der Waals surface area contributed by atoms with Gasteiger partial charge in [0, 0.05) is 11.9 Å². The number of anilines is 1. The lowest BCUT2D eigenvalue weighted by Crippen LogP contribution is -2.13. The van der Waals surface area contributed by atoms with Crippen LogP contribution >= 0.6 is 11.6 Å². The quantitative estimate of drug-likeness (QED) is 0.908. The molecule has 2 aromatic rings. The van der Waals surface area contributed by atoms with Crippen molar-refractivity contribution >= 4 is 23.2 Å². The van der Waals surface area contributed by atoms with E-state index in [9.17, 15) is 13.6 Å². The number of nitrogens with zero attached hydrogens (tertiary/aromatic N) is 1. The molecule has 1 N–H and O–H groups in total. The SMILES string of the molecule is O=C(Nc1ccc(F)c(Cl)c1)c1ccncc1F. The van der Waals surface area contributed by atoms with E-state index in [1.54, 1.807) is 0 Å². The molecule has 6 heteroatoms. The Balaban J connectivity index is 2.22. The fourth-order valence-corrected chi connectivity index (χ4v) is 1.51. The maximum absolute atomic E-state index is 13.3. The number of nitrogens with one attached hydrogen (secondary N) is 1. The molecule has 0 spiro atoms. The molecule has 18 heavy (non-hydrogen) atoms. The Morgan fingerprint density at radius 1 is 1.22 bits per heavy atom. The van der Waals surface area contributed by atoms with Crippen LogP contribution in [-0.4, -0.2) is 10.9 Å². The van der Waals surface area contributed by atoms with Crippen LogP contribution in [0.2, 0.25) is 5.02 Å². The van der Waals surface area contributed by atoms with Gasteiger partial charge in [0.05, 0.1) is 16.8 Å². The van der Waals surface area contributed by atoms with Crippen molar-refractivity contribution in [2.75, 3.05) is 5.32 Å². The number of benzene rings is 1. The zero-order chi connectivity index (χ0) is 13.1. The minimum absolute atomic E-state index is 0.122. The fraction of sp³-hybridized carbons (Fsp3) is 0. The van der Waals surface area contributed by atoms with Crippen LogP contribution in [0.25, 0.3) is 0 Å². The molecule has 0 bridgehead atoms. The smallest absolute Gasteiger partial charge is 0.258 e. The topological polar surface area (TPSA) is 42.0 Å². The zero-order valence-electron chi connectivity index (χ0n) is 8.95. The van der Waals surface area contributed by atoms with Gasteiger partial charge in [0.2, 0.25) is 0 Å². The van der Waals surface area contributed by atoms with Crippen LogP contribution in [0.1, 0.15) is 10.4 Å². The Morgan fingerprint density at radius 2 is 2.00 bits per heavy atom. The molecule has 0 saturated carbocycles. The van der Waals surface area contributed by atoms with Gasteiger partial charge < -0.3 is 5.32 Å². The molecule has 0 radical (unpaired) electrons. The number of hydrogen-bond donors (Lipinski definition) is 1. The van der Waals surface area contributed by atoms with Crippen molar-refractivity contribution in [3.63, 3.8) is 0 Å². The summed E-state index contributed by atoms with van der Waals surface area (Å²) < 4.78 is 26.2. The van der Waals surface area contributed by atoms with Gasteiger partial charge in [-0.25, -0.2) is 8.78 Å². The molecule has 92 valence electrons. The first-order valence-corrected chi connectivity index (χ1v) is 5.31. The molecule has 1 amide bonds. The molecule has 0 atom stereocenters. The van der Waals surface area contributed by atoms with E-state index in [1.165, 1.54) is 24.4 Å². The lowest BCUT2D eigenvalue weighted by molar-refractivity contribution is 0.102. The first kappa shape index (κ1) is 12.4. The van der Waals surface area contributed by atoms with Crippen LogP contribution < -0.4 is 5.32 Å². The van der Waals surface area contributed by atoms with Crippen molar-refractivity contribution < 1.29 is 13.6 Å². The second-order valence-electron chi connectivity index (χ2n) is 3.44. The zero-order valence-corrected chi connectivity index (χ0v) is 9.71. The van der Waals surface area contributed by atoms with E-state index in [1.807, 2.05) is 0 Å². The first-order chi connectivity index (χ1) is 8.58. The maximum Gasteiger partial charge on any atom is 0.258 e. The Kier molecular flexibility index (Phi) is 3.53. The van der Waals surface area contributed by atoms with E-state index in [2.05, 4.69) is 10.3 Å². The van der Waals surface area contributed by atoms with Crippen molar-refractivity contribution in [1.82, 2.24) is 4.98 Å². The predicted octanol–water partition coefficient (Wildman–Crippen LogP) is 3.27. The molecule has 0 fully saturated rings. The fourth-order valence-electron chi connectivity index (χ4n) is 1.33. The van der Waals surface area contributed by atoms with Crippen LogP contribution in [0.15, 0.2) is 36.7 Å². The van der Waals surface area contributed by atoms with E-state index in [-0.39, 0.29) is 16.3 Å². The normalized spacial score (nSPS) is 10.2. The molecule has 0 saturated heterocycles. The highest BCUT2D eigenvalue weighted by Crippen LogP contribution is 2.20. The van der Waals surface area contributed by atoms with Gasteiger partial charge in [-0.05, 0) is 24.3 Å². The van der Waals surface area contributed by atoms with Gasteiger partial charge in [0.25, 0.3) is 5.91 Å². The molecular weight excluding hydrogens is 262 g/mol. The highest BCUT2D eigenvalue weighted by Gasteiger charge is 2.12. The molecule has 0 unspecified atom stereocenters. The number of carbonyl (C=O) groups excluding carboxylic acids is 1. The summed E-state index contributed by atoms with van der Waals surface area (Å²) >= 11 is 5.56. The standard InChI is InChI=1S/C12H7ClF2N2O/c13-9-5-7(1-2-10(9)14)17-12(18)8-3-4-16-6-11(8)15/h1-6H,(H,17,18). The number of amides is 1. The largest absolute Gasteiger partial charge is 0.322 e. The number of carbonyl (C=O) groups is 1. The molecule has 2 rings (SSSR count). The van der Waals surface area contributed by atoms with Gasteiger partial charge >= 0.3 is 0 Å². The van der Waals surface area contributed by atoms with E-state index in [4.69, 9.17) is 11.6 Å². The summed E-state index contributed by atoms with van der Waals surface area (Å²) in [4.78, 5) is 15.2. The van der Waals surface area contributed by atoms with Crippen LogP contribution in [0.5, 0.6) is 0 Å². The summed E-state index contributed by atoms with van der Waals surface area (Å²) in [6, 6.07) is 4.93. The summed E-state index contributed by atoms with van der Waals surface area (Å²) in [6.45, 7) is 0. The Hall–Kier alpha value is -2.01.